The fraction of sp³-hybridized carbons (Fsp3) is 0.200. The van der Waals surface area contributed by atoms with Crippen molar-refractivity contribution in [1.82, 2.24) is 19.7 Å². The molecule has 0 aliphatic heterocycles. The van der Waals surface area contributed by atoms with E-state index in [0.717, 1.165) is 45.3 Å². The normalized spacial score (nSPS) is 11.3. The van der Waals surface area contributed by atoms with Crippen LogP contribution >= 0.6 is 11.8 Å². The Morgan fingerprint density at radius 3 is 2.85 bits per heavy atom. The summed E-state index contributed by atoms with van der Waals surface area (Å²) in [4.78, 5) is 3.32. The smallest absolute Gasteiger partial charge is 0.196 e. The zero-order valence-corrected chi connectivity index (χ0v) is 15.3. The molecule has 6 heteroatoms. The van der Waals surface area contributed by atoms with Crippen molar-refractivity contribution < 1.29 is 5.11 Å². The molecule has 4 aromatic rings. The summed E-state index contributed by atoms with van der Waals surface area (Å²) in [5.74, 6) is 1.62. The van der Waals surface area contributed by atoms with Gasteiger partial charge in [0.05, 0.1) is 0 Å². The lowest BCUT2D eigenvalue weighted by atomic mass is 10.1. The van der Waals surface area contributed by atoms with Crippen molar-refractivity contribution in [2.24, 2.45) is 0 Å². The first kappa shape index (κ1) is 16.9. The van der Waals surface area contributed by atoms with Crippen molar-refractivity contribution in [1.29, 1.82) is 0 Å². The topological polar surface area (TPSA) is 66.7 Å². The molecule has 2 aromatic heterocycles. The van der Waals surface area contributed by atoms with Crippen LogP contribution in [-0.2, 0) is 0 Å². The molecule has 0 spiro atoms. The van der Waals surface area contributed by atoms with E-state index >= 15 is 0 Å². The van der Waals surface area contributed by atoms with E-state index in [2.05, 4.69) is 57.0 Å². The summed E-state index contributed by atoms with van der Waals surface area (Å²) in [6, 6.07) is 16.5. The summed E-state index contributed by atoms with van der Waals surface area (Å²) in [6.07, 6.45) is 2.72. The number of nitrogens with one attached hydrogen (secondary N) is 1. The highest BCUT2D eigenvalue weighted by Gasteiger charge is 2.18. The molecular weight excluding hydrogens is 344 g/mol. The molecule has 132 valence electrons. The molecule has 0 aliphatic carbocycles. The summed E-state index contributed by atoms with van der Waals surface area (Å²) in [5, 5.41) is 20.0. The van der Waals surface area contributed by atoms with Gasteiger partial charge < -0.3 is 10.1 Å². The molecule has 0 amide bonds. The summed E-state index contributed by atoms with van der Waals surface area (Å²) < 4.78 is 2.10. The van der Waals surface area contributed by atoms with E-state index in [1.165, 1.54) is 5.56 Å². The lowest BCUT2D eigenvalue weighted by Gasteiger charge is -2.10. The maximum Gasteiger partial charge on any atom is 0.196 e. The number of para-hydroxylation sites is 1. The zero-order valence-electron chi connectivity index (χ0n) is 14.5. The Hall–Kier alpha value is -2.57. The molecule has 0 saturated carbocycles. The predicted octanol–water partition coefficient (Wildman–Crippen LogP) is 4.20. The van der Waals surface area contributed by atoms with Crippen LogP contribution in [-0.4, -0.2) is 37.2 Å². The maximum atomic E-state index is 9.08. The highest BCUT2D eigenvalue weighted by atomic mass is 32.2. The van der Waals surface area contributed by atoms with Crippen molar-refractivity contribution in [3.8, 4) is 17.1 Å². The average Bonchev–Trinajstić information content (AvgIpc) is 3.25. The molecule has 2 aromatic carbocycles. The third-order valence-corrected chi connectivity index (χ3v) is 5.27. The second-order valence-electron chi connectivity index (χ2n) is 6.15. The fourth-order valence-electron chi connectivity index (χ4n) is 3.02. The molecule has 0 aliphatic rings. The number of benzene rings is 2. The van der Waals surface area contributed by atoms with Crippen molar-refractivity contribution in [2.45, 2.75) is 18.5 Å². The van der Waals surface area contributed by atoms with Crippen LogP contribution in [0.2, 0.25) is 0 Å². The van der Waals surface area contributed by atoms with Gasteiger partial charge in [0, 0.05) is 40.7 Å². The molecule has 0 radical (unpaired) electrons. The summed E-state index contributed by atoms with van der Waals surface area (Å²) >= 11 is 1.61. The van der Waals surface area contributed by atoms with Crippen LogP contribution in [0.5, 0.6) is 0 Å². The molecule has 0 fully saturated rings. The molecule has 4 rings (SSSR count). The van der Waals surface area contributed by atoms with Crippen LogP contribution in [0.1, 0.15) is 12.0 Å². The number of aliphatic hydroxyl groups is 1. The quantitative estimate of drug-likeness (QED) is 0.397. The maximum absolute atomic E-state index is 9.08. The minimum atomic E-state index is 0.181. The standard InChI is InChI=1S/C20H20N4OS/c1-14-6-4-7-15(12-14)24-19(22-23-20(24)26-11-5-10-25)17-13-21-18-9-3-2-8-16(17)18/h2-4,6-9,12-13,21,25H,5,10-11H2,1H3. The number of nitrogens with zero attached hydrogens (tertiary/aromatic N) is 3. The van der Waals surface area contributed by atoms with Gasteiger partial charge in [-0.1, -0.05) is 42.1 Å². The summed E-state index contributed by atoms with van der Waals surface area (Å²) in [6.45, 7) is 2.26. The highest BCUT2D eigenvalue weighted by molar-refractivity contribution is 7.99. The SMILES string of the molecule is Cc1cccc(-n2c(SCCCO)nnc2-c2c[nH]c3ccccc23)c1. The van der Waals surface area contributed by atoms with Gasteiger partial charge in [-0.25, -0.2) is 0 Å². The average molecular weight is 364 g/mol. The monoisotopic (exact) mass is 364 g/mol. The van der Waals surface area contributed by atoms with E-state index in [-0.39, 0.29) is 6.61 Å². The lowest BCUT2D eigenvalue weighted by molar-refractivity contribution is 0.296. The Kier molecular flexibility index (Phi) is 4.77. The minimum Gasteiger partial charge on any atom is -0.396 e. The van der Waals surface area contributed by atoms with Crippen molar-refractivity contribution in [3.05, 3.63) is 60.3 Å². The fourth-order valence-corrected chi connectivity index (χ4v) is 3.90. The number of hydrogen-bond donors (Lipinski definition) is 2. The Morgan fingerprint density at radius 1 is 1.12 bits per heavy atom. The number of aromatic amines is 1. The van der Waals surface area contributed by atoms with Gasteiger partial charge in [0.1, 0.15) is 0 Å². The highest BCUT2D eigenvalue weighted by Crippen LogP contribution is 2.32. The number of rotatable bonds is 6. The van der Waals surface area contributed by atoms with E-state index in [1.54, 1.807) is 11.8 Å². The van der Waals surface area contributed by atoms with Crippen LogP contribution in [0, 0.1) is 6.92 Å². The minimum absolute atomic E-state index is 0.181. The third-order valence-electron chi connectivity index (χ3n) is 4.26. The van der Waals surface area contributed by atoms with Crippen LogP contribution in [0.3, 0.4) is 0 Å². The third kappa shape index (κ3) is 3.13. The Morgan fingerprint density at radius 2 is 2.00 bits per heavy atom. The first-order chi connectivity index (χ1) is 12.8. The number of fused-ring (bicyclic) bond motifs is 1. The Balaban J connectivity index is 1.87. The van der Waals surface area contributed by atoms with Crippen molar-refractivity contribution in [2.75, 3.05) is 12.4 Å². The molecule has 26 heavy (non-hydrogen) atoms. The van der Waals surface area contributed by atoms with E-state index < -0.39 is 0 Å². The number of hydrogen-bond acceptors (Lipinski definition) is 4. The second-order valence-corrected chi connectivity index (χ2v) is 7.22. The Labute approximate surface area is 156 Å². The number of thioether (sulfide) groups is 1. The van der Waals surface area contributed by atoms with Gasteiger partial charge in [-0.3, -0.25) is 4.57 Å². The van der Waals surface area contributed by atoms with Crippen LogP contribution < -0.4 is 0 Å². The lowest BCUT2D eigenvalue weighted by Crippen LogP contribution is -2.00. The number of aryl methyl sites for hydroxylation is 1. The van der Waals surface area contributed by atoms with E-state index in [0.29, 0.717) is 0 Å². The van der Waals surface area contributed by atoms with Crippen LogP contribution in [0.25, 0.3) is 28.0 Å². The summed E-state index contributed by atoms with van der Waals surface area (Å²) in [7, 11) is 0. The van der Waals surface area contributed by atoms with Crippen LogP contribution in [0.4, 0.5) is 0 Å². The summed E-state index contributed by atoms with van der Waals surface area (Å²) in [5.41, 5.74) is 4.34. The number of H-pyrrole nitrogens is 1. The van der Waals surface area contributed by atoms with Gasteiger partial charge in [-0.05, 0) is 37.1 Å². The molecule has 5 nitrogen and oxygen atoms in total. The largest absolute Gasteiger partial charge is 0.396 e. The molecule has 0 unspecified atom stereocenters. The van der Waals surface area contributed by atoms with Crippen LogP contribution in [0.15, 0.2) is 59.9 Å². The van der Waals surface area contributed by atoms with Gasteiger partial charge in [0.15, 0.2) is 11.0 Å². The van der Waals surface area contributed by atoms with Gasteiger partial charge in [0.25, 0.3) is 0 Å². The first-order valence-electron chi connectivity index (χ1n) is 8.60. The van der Waals surface area contributed by atoms with Gasteiger partial charge in [-0.15, -0.1) is 10.2 Å². The molecule has 2 heterocycles. The second kappa shape index (κ2) is 7.35. The van der Waals surface area contributed by atoms with Gasteiger partial charge >= 0.3 is 0 Å². The van der Waals surface area contributed by atoms with Crippen molar-refractivity contribution in [3.63, 3.8) is 0 Å². The first-order valence-corrected chi connectivity index (χ1v) is 9.59. The zero-order chi connectivity index (χ0) is 17.9. The van der Waals surface area contributed by atoms with Gasteiger partial charge in [-0.2, -0.15) is 0 Å². The molecule has 0 atom stereocenters. The number of aliphatic hydroxyl groups excluding tert-OH is 1. The van der Waals surface area contributed by atoms with Crippen molar-refractivity contribution >= 4 is 22.7 Å². The van der Waals surface area contributed by atoms with E-state index in [9.17, 15) is 0 Å². The molecule has 2 N–H and O–H groups in total. The van der Waals surface area contributed by atoms with E-state index in [4.69, 9.17) is 5.11 Å². The molecule has 0 saturated heterocycles. The van der Waals surface area contributed by atoms with Gasteiger partial charge in [0.2, 0.25) is 0 Å². The predicted molar refractivity (Wildman–Crippen MR) is 106 cm³/mol. The molecule has 0 bridgehead atoms. The Bertz CT molecular complexity index is 1040. The van der Waals surface area contributed by atoms with E-state index in [1.807, 2.05) is 24.4 Å². The number of aromatic nitrogens is 4. The molecular formula is C20H20N4OS.